The van der Waals surface area contributed by atoms with Crippen LogP contribution in [0.1, 0.15) is 17.0 Å². The third kappa shape index (κ3) is 6.41. The maximum atomic E-state index is 11.7. The Balaban J connectivity index is 0.00000220. The number of hydrogen-bond donors (Lipinski definition) is 3. The van der Waals surface area contributed by atoms with Gasteiger partial charge in [0, 0.05) is 43.6 Å². The fourth-order valence-electron chi connectivity index (χ4n) is 1.92. The molecule has 3 N–H and O–H groups in total. The van der Waals surface area contributed by atoms with Crippen LogP contribution in [-0.2, 0) is 4.79 Å². The van der Waals surface area contributed by atoms with Gasteiger partial charge in [-0.2, -0.15) is 11.8 Å². The minimum atomic E-state index is -0.269. The molecule has 2 amide bonds. The molecule has 1 aromatic heterocycles. The van der Waals surface area contributed by atoms with Gasteiger partial charge in [-0.05, 0) is 12.1 Å². The van der Waals surface area contributed by atoms with Gasteiger partial charge >= 0.3 is 0 Å². The molecule has 1 aliphatic rings. The summed E-state index contributed by atoms with van der Waals surface area (Å²) in [5, 5.41) is 8.79. The Bertz CT molecular complexity index is 436. The molecule has 2 rings (SSSR count). The van der Waals surface area contributed by atoms with E-state index in [4.69, 9.17) is 4.42 Å². The molecule has 21 heavy (non-hydrogen) atoms. The average Bonchev–Trinajstić information content (AvgIpc) is 2.99. The van der Waals surface area contributed by atoms with E-state index in [2.05, 4.69) is 16.0 Å². The first-order valence-corrected chi connectivity index (χ1v) is 7.80. The first kappa shape index (κ1) is 17.9. The molecule has 118 valence electrons. The second-order valence-electron chi connectivity index (χ2n) is 4.51. The number of hydrogen-bond acceptors (Lipinski definition) is 5. The molecule has 1 fully saturated rings. The van der Waals surface area contributed by atoms with Crippen molar-refractivity contribution in [3.8, 4) is 0 Å². The lowest BCUT2D eigenvalue weighted by molar-refractivity contribution is -0.121. The van der Waals surface area contributed by atoms with Crippen molar-refractivity contribution in [2.24, 2.45) is 0 Å². The van der Waals surface area contributed by atoms with Gasteiger partial charge in [0.25, 0.3) is 5.91 Å². The van der Waals surface area contributed by atoms with Crippen LogP contribution < -0.4 is 16.0 Å². The summed E-state index contributed by atoms with van der Waals surface area (Å²) in [4.78, 5) is 23.2. The number of furan rings is 1. The van der Waals surface area contributed by atoms with Gasteiger partial charge in [-0.25, -0.2) is 0 Å². The Kier molecular flexibility index (Phi) is 8.26. The first-order valence-electron chi connectivity index (χ1n) is 6.65. The van der Waals surface area contributed by atoms with Gasteiger partial charge in [-0.3, -0.25) is 9.59 Å². The van der Waals surface area contributed by atoms with E-state index in [0.29, 0.717) is 19.5 Å². The van der Waals surface area contributed by atoms with Crippen molar-refractivity contribution < 1.29 is 14.0 Å². The van der Waals surface area contributed by atoms with Crippen molar-refractivity contribution in [3.63, 3.8) is 0 Å². The third-order valence-electron chi connectivity index (χ3n) is 2.91. The Morgan fingerprint density at radius 2 is 2.19 bits per heavy atom. The molecule has 2 heterocycles. The van der Waals surface area contributed by atoms with E-state index in [-0.39, 0.29) is 36.0 Å². The molecule has 1 atom stereocenters. The smallest absolute Gasteiger partial charge is 0.287 e. The molecule has 1 aromatic rings. The zero-order valence-corrected chi connectivity index (χ0v) is 13.2. The summed E-state index contributed by atoms with van der Waals surface area (Å²) in [6, 6.07) is 3.51. The summed E-state index contributed by atoms with van der Waals surface area (Å²) in [6.07, 6.45) is 1.94. The fourth-order valence-corrected chi connectivity index (χ4v) is 2.87. The largest absolute Gasteiger partial charge is 0.459 e. The number of carbonyl (C=O) groups is 2. The average molecular weight is 334 g/mol. The van der Waals surface area contributed by atoms with Crippen LogP contribution >= 0.6 is 24.2 Å². The van der Waals surface area contributed by atoms with Gasteiger partial charge in [0.05, 0.1) is 6.26 Å². The van der Waals surface area contributed by atoms with Crippen molar-refractivity contribution in [2.45, 2.75) is 12.5 Å². The van der Waals surface area contributed by atoms with Gasteiger partial charge in [0.15, 0.2) is 5.76 Å². The standard InChI is InChI=1S/C13H19N3O3S.ClH/c17-12(8-10-9-20-7-5-14-10)15-3-4-16-13(18)11-2-1-6-19-11;/h1-2,6,10,14H,3-5,7-9H2,(H,15,17)(H,16,18);1H. The summed E-state index contributed by atoms with van der Waals surface area (Å²) < 4.78 is 4.96. The number of carbonyl (C=O) groups excluding carboxylic acids is 2. The monoisotopic (exact) mass is 333 g/mol. The van der Waals surface area contributed by atoms with E-state index >= 15 is 0 Å². The quantitative estimate of drug-likeness (QED) is 0.666. The second kappa shape index (κ2) is 9.70. The van der Waals surface area contributed by atoms with Crippen LogP contribution in [0.3, 0.4) is 0 Å². The maximum absolute atomic E-state index is 11.7. The van der Waals surface area contributed by atoms with Crippen molar-refractivity contribution in [3.05, 3.63) is 24.2 Å². The van der Waals surface area contributed by atoms with E-state index in [9.17, 15) is 9.59 Å². The Labute approximate surface area is 134 Å². The highest BCUT2D eigenvalue weighted by Gasteiger charge is 2.16. The molecule has 0 spiro atoms. The molecule has 0 saturated carbocycles. The molecule has 1 saturated heterocycles. The van der Waals surface area contributed by atoms with E-state index in [1.165, 1.54) is 6.26 Å². The van der Waals surface area contributed by atoms with E-state index in [1.54, 1.807) is 12.1 Å². The zero-order valence-electron chi connectivity index (χ0n) is 11.6. The highest BCUT2D eigenvalue weighted by molar-refractivity contribution is 7.99. The minimum Gasteiger partial charge on any atom is -0.459 e. The van der Waals surface area contributed by atoms with Gasteiger partial charge in [0.1, 0.15) is 0 Å². The second-order valence-corrected chi connectivity index (χ2v) is 5.66. The van der Waals surface area contributed by atoms with Crippen molar-refractivity contribution in [1.29, 1.82) is 0 Å². The zero-order chi connectivity index (χ0) is 14.2. The Morgan fingerprint density at radius 1 is 1.38 bits per heavy atom. The number of halogens is 1. The molecule has 1 unspecified atom stereocenters. The summed E-state index contributed by atoms with van der Waals surface area (Å²) in [5.74, 6) is 2.10. The van der Waals surface area contributed by atoms with E-state index in [0.717, 1.165) is 18.1 Å². The van der Waals surface area contributed by atoms with Crippen molar-refractivity contribution in [2.75, 3.05) is 31.1 Å². The molecule has 1 aliphatic heterocycles. The Hall–Kier alpha value is -1.18. The lowest BCUT2D eigenvalue weighted by atomic mass is 10.2. The summed E-state index contributed by atoms with van der Waals surface area (Å²) in [7, 11) is 0. The van der Waals surface area contributed by atoms with Crippen LogP contribution in [0.4, 0.5) is 0 Å². The van der Waals surface area contributed by atoms with Crippen LogP contribution in [0.5, 0.6) is 0 Å². The van der Waals surface area contributed by atoms with Crippen molar-refractivity contribution >= 4 is 36.0 Å². The van der Waals surface area contributed by atoms with E-state index in [1.807, 2.05) is 11.8 Å². The highest BCUT2D eigenvalue weighted by atomic mass is 35.5. The topological polar surface area (TPSA) is 83.4 Å². The number of amides is 2. The SMILES string of the molecule is Cl.O=C(CC1CSCCN1)NCCNC(=O)c1ccco1. The van der Waals surface area contributed by atoms with Crippen LogP contribution in [-0.4, -0.2) is 49.0 Å². The maximum Gasteiger partial charge on any atom is 0.287 e. The van der Waals surface area contributed by atoms with Gasteiger partial charge < -0.3 is 20.4 Å². The summed E-state index contributed by atoms with van der Waals surface area (Å²) >= 11 is 1.87. The molecule has 8 heteroatoms. The Morgan fingerprint density at radius 3 is 2.86 bits per heavy atom. The van der Waals surface area contributed by atoms with Crippen LogP contribution in [0.2, 0.25) is 0 Å². The van der Waals surface area contributed by atoms with Gasteiger partial charge in [-0.15, -0.1) is 12.4 Å². The molecular weight excluding hydrogens is 314 g/mol. The number of rotatable bonds is 6. The van der Waals surface area contributed by atoms with Gasteiger partial charge in [-0.1, -0.05) is 0 Å². The molecule has 0 aromatic carbocycles. The summed E-state index contributed by atoms with van der Waals surface area (Å²) in [6.45, 7) is 1.77. The predicted molar refractivity (Wildman–Crippen MR) is 85.0 cm³/mol. The van der Waals surface area contributed by atoms with Crippen LogP contribution in [0.15, 0.2) is 22.8 Å². The van der Waals surface area contributed by atoms with Crippen molar-refractivity contribution in [1.82, 2.24) is 16.0 Å². The lowest BCUT2D eigenvalue weighted by Gasteiger charge is -2.22. The lowest BCUT2D eigenvalue weighted by Crippen LogP contribution is -2.42. The molecule has 0 bridgehead atoms. The number of thioether (sulfide) groups is 1. The summed E-state index contributed by atoms with van der Waals surface area (Å²) in [5.41, 5.74) is 0. The van der Waals surface area contributed by atoms with E-state index < -0.39 is 0 Å². The minimum absolute atomic E-state index is 0. The van der Waals surface area contributed by atoms with Crippen LogP contribution in [0, 0.1) is 0 Å². The highest BCUT2D eigenvalue weighted by Crippen LogP contribution is 2.09. The molecular formula is C13H20ClN3O3S. The fraction of sp³-hybridized carbons (Fsp3) is 0.538. The van der Waals surface area contributed by atoms with Gasteiger partial charge in [0.2, 0.25) is 5.91 Å². The first-order chi connectivity index (χ1) is 9.75. The normalized spacial score (nSPS) is 17.6. The third-order valence-corrected chi connectivity index (χ3v) is 4.04. The molecule has 0 radical (unpaired) electrons. The van der Waals surface area contributed by atoms with Crippen LogP contribution in [0.25, 0.3) is 0 Å². The predicted octanol–water partition coefficient (Wildman–Crippen LogP) is 0.642. The molecule has 0 aliphatic carbocycles. The molecule has 6 nitrogen and oxygen atoms in total. The number of nitrogens with one attached hydrogen (secondary N) is 3.